The van der Waals surface area contributed by atoms with Crippen molar-refractivity contribution in [3.05, 3.63) is 34.5 Å². The number of amides is 1. The van der Waals surface area contributed by atoms with Crippen LogP contribution in [0.25, 0.3) is 10.1 Å². The SMILES string of the molecule is COCc1c(C(=O)N2CCC(C)(CN)C2)sc2cccc(F)c12. The van der Waals surface area contributed by atoms with E-state index in [2.05, 4.69) is 6.92 Å². The van der Waals surface area contributed by atoms with Gasteiger partial charge in [-0.3, -0.25) is 4.79 Å². The van der Waals surface area contributed by atoms with Crippen LogP contribution in [0.2, 0.25) is 0 Å². The number of nitrogens with zero attached hydrogens (tertiary/aromatic N) is 1. The number of carbonyl (C=O) groups excluding carboxylic acids is 1. The van der Waals surface area contributed by atoms with E-state index in [1.54, 1.807) is 13.2 Å². The topological polar surface area (TPSA) is 55.6 Å². The van der Waals surface area contributed by atoms with Crippen LogP contribution in [-0.4, -0.2) is 37.6 Å². The second kappa shape index (κ2) is 6.19. The van der Waals surface area contributed by atoms with Crippen molar-refractivity contribution in [2.24, 2.45) is 11.1 Å². The third-order valence-corrected chi connectivity index (χ3v) is 5.77. The van der Waals surface area contributed by atoms with Crippen LogP contribution in [0.15, 0.2) is 18.2 Å². The zero-order valence-corrected chi connectivity index (χ0v) is 14.2. The summed E-state index contributed by atoms with van der Waals surface area (Å²) in [7, 11) is 1.56. The van der Waals surface area contributed by atoms with Crippen LogP contribution in [0.4, 0.5) is 4.39 Å². The number of hydrogen-bond donors (Lipinski definition) is 1. The minimum absolute atomic E-state index is 0.0288. The van der Waals surface area contributed by atoms with Gasteiger partial charge in [-0.15, -0.1) is 11.3 Å². The molecule has 1 unspecified atom stereocenters. The predicted octanol–water partition coefficient (Wildman–Crippen LogP) is 3.00. The Morgan fingerprint density at radius 2 is 2.30 bits per heavy atom. The van der Waals surface area contributed by atoms with E-state index < -0.39 is 0 Å². The zero-order chi connectivity index (χ0) is 16.6. The second-order valence-corrected chi connectivity index (χ2v) is 7.50. The molecule has 23 heavy (non-hydrogen) atoms. The molecule has 1 aromatic heterocycles. The zero-order valence-electron chi connectivity index (χ0n) is 13.4. The van der Waals surface area contributed by atoms with Crippen molar-refractivity contribution in [2.45, 2.75) is 20.0 Å². The summed E-state index contributed by atoms with van der Waals surface area (Å²) in [4.78, 5) is 15.3. The number of nitrogens with two attached hydrogens (primary N) is 1. The van der Waals surface area contributed by atoms with Gasteiger partial charge < -0.3 is 15.4 Å². The monoisotopic (exact) mass is 336 g/mol. The van der Waals surface area contributed by atoms with Crippen molar-refractivity contribution in [3.8, 4) is 0 Å². The normalized spacial score (nSPS) is 21.3. The van der Waals surface area contributed by atoms with Gasteiger partial charge in [-0.25, -0.2) is 4.39 Å². The van der Waals surface area contributed by atoms with Gasteiger partial charge in [-0.05, 0) is 30.5 Å². The number of carbonyl (C=O) groups is 1. The third-order valence-electron chi connectivity index (χ3n) is 4.58. The van der Waals surface area contributed by atoms with Crippen LogP contribution in [-0.2, 0) is 11.3 Å². The van der Waals surface area contributed by atoms with E-state index in [0.717, 1.165) is 11.1 Å². The second-order valence-electron chi connectivity index (χ2n) is 6.45. The maximum atomic E-state index is 14.2. The first kappa shape index (κ1) is 16.4. The fourth-order valence-electron chi connectivity index (χ4n) is 3.13. The molecule has 1 aliphatic heterocycles. The Labute approximate surface area is 139 Å². The molecule has 1 fully saturated rings. The van der Waals surface area contributed by atoms with Crippen molar-refractivity contribution in [2.75, 3.05) is 26.7 Å². The number of thiophene rings is 1. The number of methoxy groups -OCH3 is 1. The maximum absolute atomic E-state index is 14.2. The molecule has 3 rings (SSSR count). The smallest absolute Gasteiger partial charge is 0.264 e. The van der Waals surface area contributed by atoms with Crippen LogP contribution in [0.1, 0.15) is 28.6 Å². The summed E-state index contributed by atoms with van der Waals surface area (Å²) in [6.45, 7) is 4.22. The highest BCUT2D eigenvalue weighted by Gasteiger charge is 2.36. The summed E-state index contributed by atoms with van der Waals surface area (Å²) < 4.78 is 20.2. The molecular weight excluding hydrogens is 315 g/mol. The molecule has 2 heterocycles. The van der Waals surface area contributed by atoms with Crippen LogP contribution in [0.5, 0.6) is 0 Å². The molecule has 0 aliphatic carbocycles. The summed E-state index contributed by atoms with van der Waals surface area (Å²) in [6.07, 6.45) is 0.897. The van der Waals surface area contributed by atoms with Gasteiger partial charge in [0.2, 0.25) is 0 Å². The summed E-state index contributed by atoms with van der Waals surface area (Å²) >= 11 is 1.34. The van der Waals surface area contributed by atoms with E-state index in [1.807, 2.05) is 11.0 Å². The van der Waals surface area contributed by atoms with Crippen LogP contribution < -0.4 is 5.73 Å². The summed E-state index contributed by atoms with van der Waals surface area (Å²) in [6, 6.07) is 4.93. The lowest BCUT2D eigenvalue weighted by molar-refractivity contribution is 0.0777. The molecule has 1 aliphatic rings. The number of likely N-dealkylation sites (tertiary alicyclic amines) is 1. The number of halogens is 1. The van der Waals surface area contributed by atoms with Crippen LogP contribution in [0, 0.1) is 11.2 Å². The molecule has 1 saturated heterocycles. The number of ether oxygens (including phenoxy) is 1. The minimum Gasteiger partial charge on any atom is -0.380 e. The molecule has 4 nitrogen and oxygen atoms in total. The summed E-state index contributed by atoms with van der Waals surface area (Å²) in [5.74, 6) is -0.354. The van der Waals surface area contributed by atoms with E-state index in [4.69, 9.17) is 10.5 Å². The highest BCUT2D eigenvalue weighted by atomic mass is 32.1. The molecule has 124 valence electrons. The van der Waals surface area contributed by atoms with Gasteiger partial charge in [0.25, 0.3) is 5.91 Å². The lowest BCUT2D eigenvalue weighted by Gasteiger charge is -2.22. The Morgan fingerprint density at radius 3 is 2.96 bits per heavy atom. The van der Waals surface area contributed by atoms with E-state index in [0.29, 0.717) is 35.5 Å². The summed E-state index contributed by atoms with van der Waals surface area (Å²) in [5, 5.41) is 0.503. The van der Waals surface area contributed by atoms with Gasteiger partial charge in [0.05, 0.1) is 11.5 Å². The van der Waals surface area contributed by atoms with Gasteiger partial charge in [0.1, 0.15) is 5.82 Å². The molecule has 6 heteroatoms. The molecule has 0 radical (unpaired) electrons. The van der Waals surface area contributed by atoms with Crippen LogP contribution in [0.3, 0.4) is 0 Å². The lowest BCUT2D eigenvalue weighted by Crippen LogP contribution is -2.34. The molecular formula is C17H21FN2O2S. The number of benzene rings is 1. The Kier molecular flexibility index (Phi) is 4.40. The molecule has 0 bridgehead atoms. The first-order valence-electron chi connectivity index (χ1n) is 7.67. The Bertz CT molecular complexity index is 746. The van der Waals surface area contributed by atoms with Crippen LogP contribution >= 0.6 is 11.3 Å². The van der Waals surface area contributed by atoms with Gasteiger partial charge in [0, 0.05) is 35.8 Å². The highest BCUT2D eigenvalue weighted by Crippen LogP contribution is 2.36. The molecule has 1 aromatic carbocycles. The van der Waals surface area contributed by atoms with E-state index >= 15 is 0 Å². The standard InChI is InChI=1S/C17H21FN2O2S/c1-17(9-19)6-7-20(10-17)16(21)15-11(8-22-2)14-12(18)4-3-5-13(14)23-15/h3-5H,6-10,19H2,1-2H3. The van der Waals surface area contributed by atoms with E-state index in [9.17, 15) is 9.18 Å². The van der Waals surface area contributed by atoms with Crippen molar-refractivity contribution in [3.63, 3.8) is 0 Å². The number of rotatable bonds is 4. The first-order chi connectivity index (χ1) is 11.0. The van der Waals surface area contributed by atoms with Gasteiger partial charge in [-0.1, -0.05) is 13.0 Å². The van der Waals surface area contributed by atoms with Crippen molar-refractivity contribution >= 4 is 27.3 Å². The maximum Gasteiger partial charge on any atom is 0.264 e. The molecule has 2 aromatic rings. The predicted molar refractivity (Wildman–Crippen MR) is 90.2 cm³/mol. The van der Waals surface area contributed by atoms with Crippen molar-refractivity contribution in [1.82, 2.24) is 4.90 Å². The molecule has 0 saturated carbocycles. The minimum atomic E-state index is -0.307. The average molecular weight is 336 g/mol. The van der Waals surface area contributed by atoms with Gasteiger partial charge >= 0.3 is 0 Å². The Morgan fingerprint density at radius 1 is 1.52 bits per heavy atom. The van der Waals surface area contributed by atoms with Crippen molar-refractivity contribution < 1.29 is 13.9 Å². The Hall–Kier alpha value is -1.50. The third kappa shape index (κ3) is 2.86. The Balaban J connectivity index is 2.01. The largest absolute Gasteiger partial charge is 0.380 e. The number of fused-ring (bicyclic) bond motifs is 1. The molecule has 2 N–H and O–H groups in total. The fourth-order valence-corrected chi connectivity index (χ4v) is 4.32. The quantitative estimate of drug-likeness (QED) is 0.934. The fraction of sp³-hybridized carbons (Fsp3) is 0.471. The van der Waals surface area contributed by atoms with E-state index in [1.165, 1.54) is 17.4 Å². The van der Waals surface area contributed by atoms with Gasteiger partial charge in [-0.2, -0.15) is 0 Å². The molecule has 1 atom stereocenters. The molecule has 0 spiro atoms. The molecule has 1 amide bonds. The average Bonchev–Trinajstić information content (AvgIpc) is 3.10. The van der Waals surface area contributed by atoms with Crippen molar-refractivity contribution in [1.29, 1.82) is 0 Å². The van der Waals surface area contributed by atoms with Gasteiger partial charge in [0.15, 0.2) is 0 Å². The van der Waals surface area contributed by atoms with E-state index in [-0.39, 0.29) is 23.7 Å². The highest BCUT2D eigenvalue weighted by molar-refractivity contribution is 7.21. The number of hydrogen-bond acceptors (Lipinski definition) is 4. The first-order valence-corrected chi connectivity index (χ1v) is 8.49. The lowest BCUT2D eigenvalue weighted by atomic mass is 9.90. The summed E-state index contributed by atoms with van der Waals surface area (Å²) in [5.41, 5.74) is 6.44.